The van der Waals surface area contributed by atoms with E-state index in [-0.39, 0.29) is 16.4 Å². The molecular weight excluding hydrogens is 333 g/mol. The molecule has 0 aliphatic carbocycles. The topological polar surface area (TPSA) is 35.5 Å². The standard InChI is InChI=1S/C17H21BF2O3S/c1-11(21)24-10-13(9-12-7-6-8-14(19)15(12)20)18-22-16(2,3)17(4,5)23-18/h6-9H,10H2,1-5H3. The van der Waals surface area contributed by atoms with Gasteiger partial charge in [0.2, 0.25) is 0 Å². The molecule has 0 amide bonds. The van der Waals surface area contributed by atoms with Gasteiger partial charge >= 0.3 is 7.12 Å². The quantitative estimate of drug-likeness (QED) is 0.757. The lowest BCUT2D eigenvalue weighted by atomic mass is 9.78. The van der Waals surface area contributed by atoms with Gasteiger partial charge in [-0.25, -0.2) is 8.78 Å². The Morgan fingerprint density at radius 3 is 2.33 bits per heavy atom. The first kappa shape index (κ1) is 19.2. The van der Waals surface area contributed by atoms with Gasteiger partial charge in [0.15, 0.2) is 16.7 Å². The van der Waals surface area contributed by atoms with Gasteiger partial charge in [0.05, 0.1) is 11.2 Å². The van der Waals surface area contributed by atoms with E-state index >= 15 is 0 Å². The number of hydrogen-bond acceptors (Lipinski definition) is 4. The van der Waals surface area contributed by atoms with Gasteiger partial charge < -0.3 is 9.31 Å². The van der Waals surface area contributed by atoms with Crippen molar-refractivity contribution in [2.45, 2.75) is 45.8 Å². The van der Waals surface area contributed by atoms with Gasteiger partial charge in [-0.3, -0.25) is 4.79 Å². The van der Waals surface area contributed by atoms with Gasteiger partial charge in [0.25, 0.3) is 0 Å². The van der Waals surface area contributed by atoms with Crippen molar-refractivity contribution < 1.29 is 22.9 Å². The average Bonchev–Trinajstić information content (AvgIpc) is 2.67. The second-order valence-electron chi connectivity index (χ2n) is 6.73. The molecule has 1 aromatic rings. The minimum atomic E-state index is -0.931. The molecule has 1 aromatic carbocycles. The fourth-order valence-corrected chi connectivity index (χ4v) is 2.78. The first-order valence-corrected chi connectivity index (χ1v) is 8.65. The van der Waals surface area contributed by atoms with Crippen LogP contribution in [0.25, 0.3) is 6.08 Å². The third-order valence-corrected chi connectivity index (χ3v) is 5.20. The second-order valence-corrected chi connectivity index (χ2v) is 7.88. The van der Waals surface area contributed by atoms with Gasteiger partial charge in [-0.15, -0.1) is 0 Å². The Bertz CT molecular complexity index is 658. The summed E-state index contributed by atoms with van der Waals surface area (Å²) in [5.41, 5.74) is -0.432. The van der Waals surface area contributed by atoms with Crippen molar-refractivity contribution in [3.8, 4) is 0 Å². The van der Waals surface area contributed by atoms with Crippen LogP contribution in [0.4, 0.5) is 8.78 Å². The fraction of sp³-hybridized carbons (Fsp3) is 0.471. The van der Waals surface area contributed by atoms with Crippen molar-refractivity contribution in [2.75, 3.05) is 5.75 Å². The summed E-state index contributed by atoms with van der Waals surface area (Å²) >= 11 is 1.07. The Morgan fingerprint density at radius 2 is 1.79 bits per heavy atom. The van der Waals surface area contributed by atoms with Crippen LogP contribution in [0.3, 0.4) is 0 Å². The van der Waals surface area contributed by atoms with Crippen LogP contribution in [0, 0.1) is 11.6 Å². The fourth-order valence-electron chi connectivity index (χ4n) is 2.19. The maximum Gasteiger partial charge on any atom is 0.491 e. The summed E-state index contributed by atoms with van der Waals surface area (Å²) in [6, 6.07) is 3.97. The minimum Gasteiger partial charge on any atom is -0.400 e. The highest BCUT2D eigenvalue weighted by Gasteiger charge is 2.52. The number of rotatable bonds is 4. The van der Waals surface area contributed by atoms with E-state index in [0.717, 1.165) is 17.8 Å². The van der Waals surface area contributed by atoms with E-state index in [4.69, 9.17) is 9.31 Å². The van der Waals surface area contributed by atoms with Gasteiger partial charge in [-0.1, -0.05) is 30.0 Å². The predicted octanol–water partition coefficient (Wildman–Crippen LogP) is 4.26. The number of carbonyl (C=O) groups excluding carboxylic acids is 1. The van der Waals surface area contributed by atoms with Gasteiger partial charge in [-0.05, 0) is 39.2 Å². The zero-order chi connectivity index (χ0) is 18.1. The Balaban J connectivity index is 2.37. The summed E-state index contributed by atoms with van der Waals surface area (Å²) < 4.78 is 39.4. The zero-order valence-corrected chi connectivity index (χ0v) is 15.3. The van der Waals surface area contributed by atoms with Crippen molar-refractivity contribution in [1.29, 1.82) is 0 Å². The lowest BCUT2D eigenvalue weighted by Gasteiger charge is -2.32. The highest BCUT2D eigenvalue weighted by atomic mass is 32.2. The monoisotopic (exact) mass is 354 g/mol. The smallest absolute Gasteiger partial charge is 0.400 e. The normalized spacial score (nSPS) is 19.6. The molecule has 0 bridgehead atoms. The van der Waals surface area contributed by atoms with Crippen molar-refractivity contribution >= 4 is 30.1 Å². The number of carbonyl (C=O) groups is 1. The molecule has 1 saturated heterocycles. The Kier molecular flexibility index (Phi) is 5.57. The predicted molar refractivity (Wildman–Crippen MR) is 93.6 cm³/mol. The van der Waals surface area contributed by atoms with Gasteiger partial charge in [0, 0.05) is 18.2 Å². The molecule has 1 aliphatic rings. The second kappa shape index (κ2) is 6.98. The molecule has 0 radical (unpaired) electrons. The van der Waals surface area contributed by atoms with Crippen molar-refractivity contribution in [1.82, 2.24) is 0 Å². The van der Waals surface area contributed by atoms with Crippen LogP contribution in [0.15, 0.2) is 23.7 Å². The van der Waals surface area contributed by atoms with Crippen LogP contribution >= 0.6 is 11.8 Å². The molecule has 1 fully saturated rings. The molecule has 0 saturated carbocycles. The first-order valence-electron chi connectivity index (χ1n) is 7.67. The summed E-state index contributed by atoms with van der Waals surface area (Å²) in [6.07, 6.45) is 1.50. The number of halogens is 2. The lowest BCUT2D eigenvalue weighted by molar-refractivity contribution is -0.109. The summed E-state index contributed by atoms with van der Waals surface area (Å²) in [5, 5.41) is -0.0721. The van der Waals surface area contributed by atoms with E-state index in [2.05, 4.69) is 0 Å². The zero-order valence-electron chi connectivity index (χ0n) is 14.5. The Labute approximate surface area is 145 Å². The van der Waals surface area contributed by atoms with E-state index < -0.39 is 30.0 Å². The van der Waals surface area contributed by atoms with Crippen molar-refractivity contribution in [3.05, 3.63) is 40.9 Å². The highest BCUT2D eigenvalue weighted by molar-refractivity contribution is 8.13. The van der Waals surface area contributed by atoms with Crippen LogP contribution in [0.1, 0.15) is 40.2 Å². The lowest BCUT2D eigenvalue weighted by Crippen LogP contribution is -2.41. The molecule has 0 N–H and O–H groups in total. The third-order valence-electron chi connectivity index (χ3n) is 4.32. The molecule has 1 heterocycles. The van der Waals surface area contributed by atoms with Gasteiger partial charge in [-0.2, -0.15) is 0 Å². The van der Waals surface area contributed by atoms with Crippen molar-refractivity contribution in [3.63, 3.8) is 0 Å². The molecule has 24 heavy (non-hydrogen) atoms. The molecule has 0 spiro atoms. The summed E-state index contributed by atoms with van der Waals surface area (Å²) in [5.74, 6) is -1.57. The molecule has 1 aliphatic heterocycles. The Hall–Kier alpha value is -1.18. The molecule has 3 nitrogen and oxygen atoms in total. The number of thioether (sulfide) groups is 1. The maximum absolute atomic E-state index is 14.0. The Morgan fingerprint density at radius 1 is 1.21 bits per heavy atom. The van der Waals surface area contributed by atoms with Crippen LogP contribution in [0.5, 0.6) is 0 Å². The molecule has 0 atom stereocenters. The molecular formula is C17H21BF2O3S. The molecule has 130 valence electrons. The highest BCUT2D eigenvalue weighted by Crippen LogP contribution is 2.39. The first-order chi connectivity index (χ1) is 11.0. The molecule has 0 unspecified atom stereocenters. The van der Waals surface area contributed by atoms with Crippen molar-refractivity contribution in [2.24, 2.45) is 0 Å². The van der Waals surface area contributed by atoms with Crippen LogP contribution in [-0.2, 0) is 14.1 Å². The van der Waals surface area contributed by atoms with E-state index in [0.29, 0.717) is 5.47 Å². The molecule has 0 aromatic heterocycles. The summed E-state index contributed by atoms with van der Waals surface area (Å²) in [7, 11) is -0.718. The van der Waals surface area contributed by atoms with E-state index in [1.54, 1.807) is 0 Å². The maximum atomic E-state index is 14.0. The number of hydrogen-bond donors (Lipinski definition) is 0. The summed E-state index contributed by atoms with van der Waals surface area (Å²) in [6.45, 7) is 9.09. The number of benzene rings is 1. The summed E-state index contributed by atoms with van der Waals surface area (Å²) in [4.78, 5) is 11.3. The van der Waals surface area contributed by atoms with Crippen LogP contribution < -0.4 is 0 Å². The molecule has 2 rings (SSSR count). The largest absolute Gasteiger partial charge is 0.491 e. The van der Waals surface area contributed by atoms with Gasteiger partial charge in [0.1, 0.15) is 0 Å². The van der Waals surface area contributed by atoms with Crippen LogP contribution in [0.2, 0.25) is 0 Å². The third kappa shape index (κ3) is 4.07. The van der Waals surface area contributed by atoms with E-state index in [1.165, 1.54) is 25.1 Å². The SMILES string of the molecule is CC(=O)SCC(=Cc1cccc(F)c1F)B1OC(C)(C)C(C)(C)O1. The van der Waals surface area contributed by atoms with E-state index in [1.807, 2.05) is 27.7 Å². The van der Waals surface area contributed by atoms with E-state index in [9.17, 15) is 13.6 Å². The molecule has 7 heteroatoms. The average molecular weight is 354 g/mol. The van der Waals surface area contributed by atoms with Crippen LogP contribution in [-0.4, -0.2) is 29.2 Å². The minimum absolute atomic E-state index is 0.0721.